The fourth-order valence-corrected chi connectivity index (χ4v) is 3.11. The summed E-state index contributed by atoms with van der Waals surface area (Å²) in [6.45, 7) is 4.35. The second-order valence-corrected chi connectivity index (χ2v) is 6.55. The van der Waals surface area contributed by atoms with Crippen molar-refractivity contribution in [2.24, 2.45) is 0 Å². The third-order valence-electron chi connectivity index (χ3n) is 4.51. The molecule has 0 amide bonds. The number of hydrogen-bond donors (Lipinski definition) is 0. The van der Waals surface area contributed by atoms with Crippen molar-refractivity contribution in [3.05, 3.63) is 82.3 Å². The average molecular weight is 389 g/mol. The van der Waals surface area contributed by atoms with Crippen LogP contribution in [0, 0.1) is 6.92 Å². The number of benzene rings is 1. The molecular weight excluding hydrogens is 370 g/mol. The first-order valence-corrected chi connectivity index (χ1v) is 9.18. The molecule has 0 aliphatic heterocycles. The molecule has 0 spiro atoms. The molecule has 29 heavy (non-hydrogen) atoms. The van der Waals surface area contributed by atoms with E-state index in [0.717, 1.165) is 16.9 Å². The number of aromatic nitrogens is 5. The summed E-state index contributed by atoms with van der Waals surface area (Å²) in [5.41, 5.74) is 2.69. The van der Waals surface area contributed by atoms with Crippen LogP contribution in [0.15, 0.2) is 60.0 Å². The topological polar surface area (TPSA) is 91.9 Å². The van der Waals surface area contributed by atoms with Crippen molar-refractivity contribution in [2.75, 3.05) is 6.61 Å². The third kappa shape index (κ3) is 3.64. The van der Waals surface area contributed by atoms with E-state index in [1.54, 1.807) is 34.6 Å². The highest BCUT2D eigenvalue weighted by atomic mass is 16.5. The van der Waals surface area contributed by atoms with Gasteiger partial charge in [0.1, 0.15) is 23.9 Å². The molecule has 0 fully saturated rings. The lowest BCUT2D eigenvalue weighted by molar-refractivity contribution is 0.0524. The van der Waals surface area contributed by atoms with Crippen molar-refractivity contribution in [1.82, 2.24) is 24.3 Å². The van der Waals surface area contributed by atoms with Crippen LogP contribution in [0.2, 0.25) is 0 Å². The maximum absolute atomic E-state index is 12.8. The van der Waals surface area contributed by atoms with Crippen LogP contribution >= 0.6 is 0 Å². The summed E-state index contributed by atoms with van der Waals surface area (Å²) in [6, 6.07) is 11.2. The zero-order chi connectivity index (χ0) is 20.4. The first-order chi connectivity index (χ1) is 14.1. The highest BCUT2D eigenvalue weighted by Crippen LogP contribution is 2.18. The molecule has 0 bridgehead atoms. The van der Waals surface area contributed by atoms with E-state index in [2.05, 4.69) is 15.1 Å². The zero-order valence-electron chi connectivity index (χ0n) is 16.1. The standard InChI is InChI=1S/C21H19N5O3/c1-3-29-21(28)18-11-26(20-17(19(18)27)9-4-14(2)24-20)16-7-5-15(6-8-16)10-25-13-22-12-23-25/h4-9,11-13H,3,10H2,1-2H3. The Kier molecular flexibility index (Phi) is 4.90. The van der Waals surface area contributed by atoms with E-state index in [9.17, 15) is 9.59 Å². The Labute approximate surface area is 166 Å². The third-order valence-corrected chi connectivity index (χ3v) is 4.51. The number of esters is 1. The number of rotatable bonds is 5. The molecule has 0 N–H and O–H groups in total. The molecule has 8 heteroatoms. The van der Waals surface area contributed by atoms with Gasteiger partial charge in [-0.15, -0.1) is 0 Å². The molecule has 0 aliphatic rings. The van der Waals surface area contributed by atoms with Crippen molar-refractivity contribution in [2.45, 2.75) is 20.4 Å². The Hall–Kier alpha value is -3.81. The molecule has 0 radical (unpaired) electrons. The highest BCUT2D eigenvalue weighted by Gasteiger charge is 2.18. The van der Waals surface area contributed by atoms with Gasteiger partial charge in [0, 0.05) is 17.6 Å². The number of nitrogens with zero attached hydrogens (tertiary/aromatic N) is 5. The molecule has 0 atom stereocenters. The Bertz CT molecular complexity index is 1230. The van der Waals surface area contributed by atoms with Gasteiger partial charge in [-0.3, -0.25) is 4.79 Å². The molecule has 8 nitrogen and oxygen atoms in total. The van der Waals surface area contributed by atoms with Crippen LogP contribution in [0.5, 0.6) is 0 Å². The molecule has 1 aromatic carbocycles. The van der Waals surface area contributed by atoms with Crippen molar-refractivity contribution >= 4 is 17.0 Å². The summed E-state index contributed by atoms with van der Waals surface area (Å²) in [4.78, 5) is 33.6. The van der Waals surface area contributed by atoms with Gasteiger partial charge >= 0.3 is 5.97 Å². The highest BCUT2D eigenvalue weighted by molar-refractivity contribution is 5.93. The lowest BCUT2D eigenvalue weighted by Crippen LogP contribution is -2.21. The number of pyridine rings is 2. The fourth-order valence-electron chi connectivity index (χ4n) is 3.11. The molecular formula is C21H19N5O3. The van der Waals surface area contributed by atoms with E-state index in [1.807, 2.05) is 31.2 Å². The monoisotopic (exact) mass is 389 g/mol. The molecule has 0 aliphatic carbocycles. The summed E-state index contributed by atoms with van der Waals surface area (Å²) in [5.74, 6) is -0.642. The van der Waals surface area contributed by atoms with E-state index in [0.29, 0.717) is 17.6 Å². The van der Waals surface area contributed by atoms with Crippen molar-refractivity contribution in [1.29, 1.82) is 0 Å². The number of carbonyl (C=O) groups is 1. The number of hydrogen-bond acceptors (Lipinski definition) is 6. The molecule has 4 aromatic rings. The number of ether oxygens (including phenoxy) is 1. The molecule has 0 saturated heterocycles. The predicted octanol–water partition coefficient (Wildman–Crippen LogP) is 2.51. The summed E-state index contributed by atoms with van der Waals surface area (Å²) in [5, 5.41) is 4.47. The quantitative estimate of drug-likeness (QED) is 0.487. The lowest BCUT2D eigenvalue weighted by Gasteiger charge is -2.13. The van der Waals surface area contributed by atoms with Crippen molar-refractivity contribution in [3.63, 3.8) is 0 Å². The second kappa shape index (κ2) is 7.67. The smallest absolute Gasteiger partial charge is 0.343 e. The predicted molar refractivity (Wildman–Crippen MR) is 107 cm³/mol. The SMILES string of the molecule is CCOC(=O)c1cn(-c2ccc(Cn3cncn3)cc2)c2nc(C)ccc2c1=O. The van der Waals surface area contributed by atoms with Crippen LogP contribution in [0.3, 0.4) is 0 Å². The van der Waals surface area contributed by atoms with Crippen LogP contribution in [0.4, 0.5) is 0 Å². The maximum Gasteiger partial charge on any atom is 0.343 e. The number of carbonyl (C=O) groups excluding carboxylic acids is 1. The van der Waals surface area contributed by atoms with Crippen LogP contribution in [-0.4, -0.2) is 36.9 Å². The number of aryl methyl sites for hydroxylation is 1. The summed E-state index contributed by atoms with van der Waals surface area (Å²) < 4.78 is 8.54. The minimum absolute atomic E-state index is 0.0169. The lowest BCUT2D eigenvalue weighted by atomic mass is 10.1. The molecule has 3 heterocycles. The molecule has 0 saturated carbocycles. The van der Waals surface area contributed by atoms with E-state index >= 15 is 0 Å². The van der Waals surface area contributed by atoms with E-state index in [-0.39, 0.29) is 17.6 Å². The van der Waals surface area contributed by atoms with E-state index in [4.69, 9.17) is 4.74 Å². The van der Waals surface area contributed by atoms with E-state index < -0.39 is 5.97 Å². The van der Waals surface area contributed by atoms with Gasteiger partial charge in [0.05, 0.1) is 18.5 Å². The molecule has 146 valence electrons. The summed E-state index contributed by atoms with van der Waals surface area (Å²) in [7, 11) is 0. The normalized spacial score (nSPS) is 11.0. The minimum Gasteiger partial charge on any atom is -0.462 e. The second-order valence-electron chi connectivity index (χ2n) is 6.55. The molecule has 3 aromatic heterocycles. The first kappa shape index (κ1) is 18.5. The Morgan fingerprint density at radius 2 is 1.93 bits per heavy atom. The van der Waals surface area contributed by atoms with Gasteiger partial charge in [-0.25, -0.2) is 19.4 Å². The zero-order valence-corrected chi connectivity index (χ0v) is 16.1. The van der Waals surface area contributed by atoms with Gasteiger partial charge in [0.2, 0.25) is 5.43 Å². The van der Waals surface area contributed by atoms with Crippen LogP contribution in [-0.2, 0) is 11.3 Å². The minimum atomic E-state index is -0.642. The van der Waals surface area contributed by atoms with Gasteiger partial charge in [0.15, 0.2) is 0 Å². The van der Waals surface area contributed by atoms with Gasteiger partial charge < -0.3 is 9.30 Å². The summed E-state index contributed by atoms with van der Waals surface area (Å²) >= 11 is 0. The van der Waals surface area contributed by atoms with Gasteiger partial charge in [0.25, 0.3) is 0 Å². The van der Waals surface area contributed by atoms with Crippen LogP contribution < -0.4 is 5.43 Å². The van der Waals surface area contributed by atoms with E-state index in [1.165, 1.54) is 12.5 Å². The largest absolute Gasteiger partial charge is 0.462 e. The first-order valence-electron chi connectivity index (χ1n) is 9.18. The van der Waals surface area contributed by atoms with Crippen LogP contribution in [0.25, 0.3) is 16.7 Å². The van der Waals surface area contributed by atoms with Gasteiger partial charge in [-0.05, 0) is 43.7 Å². The van der Waals surface area contributed by atoms with Crippen molar-refractivity contribution in [3.8, 4) is 5.69 Å². The van der Waals surface area contributed by atoms with Crippen LogP contribution in [0.1, 0.15) is 28.5 Å². The molecule has 0 unspecified atom stereocenters. The van der Waals surface area contributed by atoms with Gasteiger partial charge in [-0.2, -0.15) is 5.10 Å². The fraction of sp³-hybridized carbons (Fsp3) is 0.190. The number of fused-ring (bicyclic) bond motifs is 1. The Morgan fingerprint density at radius 1 is 1.14 bits per heavy atom. The Balaban J connectivity index is 1.83. The summed E-state index contributed by atoms with van der Waals surface area (Å²) in [6.07, 6.45) is 4.65. The van der Waals surface area contributed by atoms with Gasteiger partial charge in [-0.1, -0.05) is 12.1 Å². The van der Waals surface area contributed by atoms with Crippen molar-refractivity contribution < 1.29 is 9.53 Å². The average Bonchev–Trinajstić information content (AvgIpc) is 3.22. The Morgan fingerprint density at radius 3 is 2.62 bits per heavy atom. The molecule has 4 rings (SSSR count). The maximum atomic E-state index is 12.8.